The van der Waals surface area contributed by atoms with Crippen LogP contribution in [-0.2, 0) is 4.74 Å². The molecule has 0 spiro atoms. The molecule has 1 saturated heterocycles. The lowest BCUT2D eigenvalue weighted by atomic mass is 10.0. The Balaban J connectivity index is 1.51. The first-order valence-corrected chi connectivity index (χ1v) is 12.4. The van der Waals surface area contributed by atoms with Crippen molar-refractivity contribution < 1.29 is 18.7 Å². The number of methoxy groups -OCH3 is 1. The molecule has 0 amide bonds. The van der Waals surface area contributed by atoms with Crippen LogP contribution in [0, 0.1) is 0 Å². The summed E-state index contributed by atoms with van der Waals surface area (Å²) in [6, 6.07) is 24.2. The zero-order valence-corrected chi connectivity index (χ0v) is 21.6. The van der Waals surface area contributed by atoms with Crippen molar-refractivity contribution in [2.24, 2.45) is 0 Å². The second-order valence-corrected chi connectivity index (χ2v) is 9.31. The molecule has 3 heterocycles. The van der Waals surface area contributed by atoms with Crippen molar-refractivity contribution in [3.05, 3.63) is 102 Å². The first-order valence-electron chi connectivity index (χ1n) is 12.0. The second kappa shape index (κ2) is 10.4. The van der Waals surface area contributed by atoms with Crippen LogP contribution in [0.25, 0.3) is 11.3 Å². The average molecular weight is 514 g/mol. The molecule has 1 fully saturated rings. The van der Waals surface area contributed by atoms with Gasteiger partial charge in [0.25, 0.3) is 0 Å². The van der Waals surface area contributed by atoms with Crippen LogP contribution in [0.2, 0.25) is 0 Å². The van der Waals surface area contributed by atoms with Crippen molar-refractivity contribution in [2.45, 2.75) is 32.0 Å². The topological polar surface area (TPSA) is 76.8 Å². The molecule has 8 heteroatoms. The summed E-state index contributed by atoms with van der Waals surface area (Å²) < 4.78 is 17.0. The van der Waals surface area contributed by atoms with Gasteiger partial charge in [-0.05, 0) is 86.7 Å². The van der Waals surface area contributed by atoms with Gasteiger partial charge >= 0.3 is 5.97 Å². The SMILES string of the molecule is COC(=O)c1ccc(-c2ccc([C@H]3[C@@H](c4ccccn4)NC(=S)N3c3ccc(OC(C)C)cc3)o2)cc1. The molecular formula is C29H27N3O4S. The van der Waals surface area contributed by atoms with E-state index in [0.29, 0.717) is 16.4 Å². The van der Waals surface area contributed by atoms with E-state index in [1.807, 2.05) is 80.6 Å². The number of aromatic nitrogens is 1. The third-order valence-corrected chi connectivity index (χ3v) is 6.41. The number of hydrogen-bond acceptors (Lipinski definition) is 6. The van der Waals surface area contributed by atoms with Gasteiger partial charge < -0.3 is 24.1 Å². The number of thiocarbonyl (C=S) groups is 1. The van der Waals surface area contributed by atoms with Crippen LogP contribution in [0.3, 0.4) is 0 Å². The number of esters is 1. The Morgan fingerprint density at radius 3 is 2.43 bits per heavy atom. The molecule has 5 rings (SSSR count). The highest BCUT2D eigenvalue weighted by atomic mass is 32.1. The van der Waals surface area contributed by atoms with E-state index in [0.717, 1.165) is 28.5 Å². The van der Waals surface area contributed by atoms with E-state index in [2.05, 4.69) is 15.2 Å². The maximum atomic E-state index is 11.8. The minimum Gasteiger partial charge on any atom is -0.491 e. The standard InChI is InChI=1S/C29H27N3O4S/c1-18(2)35-22-13-11-21(12-14-22)32-27(26(31-29(32)37)23-6-4-5-17-30-23)25-16-15-24(36-25)19-7-9-20(10-8-19)28(33)34-3/h4-18,26-27H,1-3H3,(H,31,37)/t26-,27+/m1/s1. The molecule has 0 saturated carbocycles. The molecule has 2 aromatic heterocycles. The Kier molecular flexibility index (Phi) is 6.92. The summed E-state index contributed by atoms with van der Waals surface area (Å²) in [7, 11) is 1.36. The normalized spacial score (nSPS) is 17.1. The van der Waals surface area contributed by atoms with Gasteiger partial charge in [0.05, 0.1) is 30.5 Å². The lowest BCUT2D eigenvalue weighted by Crippen LogP contribution is -2.29. The van der Waals surface area contributed by atoms with Gasteiger partial charge in [0, 0.05) is 17.4 Å². The first kappa shape index (κ1) is 24.5. The van der Waals surface area contributed by atoms with Crippen molar-refractivity contribution in [1.82, 2.24) is 10.3 Å². The predicted octanol–water partition coefficient (Wildman–Crippen LogP) is 6.09. The van der Waals surface area contributed by atoms with E-state index in [1.165, 1.54) is 7.11 Å². The Hall–Kier alpha value is -4.17. The molecule has 0 radical (unpaired) electrons. The van der Waals surface area contributed by atoms with Gasteiger partial charge in [-0.2, -0.15) is 0 Å². The number of nitrogens with zero attached hydrogens (tertiary/aromatic N) is 2. The van der Waals surface area contributed by atoms with Crippen molar-refractivity contribution in [1.29, 1.82) is 0 Å². The van der Waals surface area contributed by atoms with Gasteiger partial charge in [0.1, 0.15) is 23.3 Å². The fourth-order valence-electron chi connectivity index (χ4n) is 4.43. The Bertz CT molecular complexity index is 1380. The summed E-state index contributed by atoms with van der Waals surface area (Å²) >= 11 is 5.80. The van der Waals surface area contributed by atoms with Crippen LogP contribution in [-0.4, -0.2) is 29.3 Å². The number of pyridine rings is 1. The molecule has 1 aliphatic rings. The highest BCUT2D eigenvalue weighted by Gasteiger charge is 2.42. The van der Waals surface area contributed by atoms with Gasteiger partial charge in [-0.1, -0.05) is 18.2 Å². The highest BCUT2D eigenvalue weighted by molar-refractivity contribution is 7.80. The van der Waals surface area contributed by atoms with Gasteiger partial charge in [0.15, 0.2) is 5.11 Å². The summed E-state index contributed by atoms with van der Waals surface area (Å²) in [5.74, 6) is 1.84. The summed E-state index contributed by atoms with van der Waals surface area (Å²) in [6.07, 6.45) is 1.86. The molecule has 1 N–H and O–H groups in total. The minimum absolute atomic E-state index is 0.0879. The van der Waals surface area contributed by atoms with Crippen LogP contribution in [0.1, 0.15) is 47.7 Å². The highest BCUT2D eigenvalue weighted by Crippen LogP contribution is 2.43. The van der Waals surface area contributed by atoms with E-state index in [4.69, 9.17) is 26.1 Å². The number of rotatable bonds is 7. The third kappa shape index (κ3) is 5.06. The second-order valence-electron chi connectivity index (χ2n) is 8.93. The summed E-state index contributed by atoms with van der Waals surface area (Å²) in [5.41, 5.74) is 3.10. The molecule has 2 atom stereocenters. The molecule has 2 aromatic carbocycles. The van der Waals surface area contributed by atoms with Gasteiger partial charge in [0.2, 0.25) is 0 Å². The number of nitrogens with one attached hydrogen (secondary N) is 1. The summed E-state index contributed by atoms with van der Waals surface area (Å²) in [6.45, 7) is 4.00. The number of carbonyl (C=O) groups excluding carboxylic acids is 1. The van der Waals surface area contributed by atoms with E-state index in [1.54, 1.807) is 18.3 Å². The van der Waals surface area contributed by atoms with E-state index in [-0.39, 0.29) is 24.2 Å². The molecule has 0 unspecified atom stereocenters. The molecule has 0 aliphatic carbocycles. The van der Waals surface area contributed by atoms with Crippen LogP contribution < -0.4 is 15.0 Å². The smallest absolute Gasteiger partial charge is 0.337 e. The fraction of sp³-hybridized carbons (Fsp3) is 0.207. The summed E-state index contributed by atoms with van der Waals surface area (Å²) in [5, 5.41) is 4.02. The van der Waals surface area contributed by atoms with Gasteiger partial charge in [-0.25, -0.2) is 4.79 Å². The number of benzene rings is 2. The van der Waals surface area contributed by atoms with Crippen molar-refractivity contribution in [3.8, 4) is 17.1 Å². The van der Waals surface area contributed by atoms with Crippen molar-refractivity contribution in [3.63, 3.8) is 0 Å². The Morgan fingerprint density at radius 2 is 1.78 bits per heavy atom. The Labute approximate surface area is 221 Å². The molecular weight excluding hydrogens is 486 g/mol. The molecule has 1 aliphatic heterocycles. The molecule has 4 aromatic rings. The van der Waals surface area contributed by atoms with E-state index >= 15 is 0 Å². The molecule has 7 nitrogen and oxygen atoms in total. The van der Waals surface area contributed by atoms with Crippen LogP contribution in [0.4, 0.5) is 5.69 Å². The minimum atomic E-state index is -0.379. The molecule has 188 valence electrons. The van der Waals surface area contributed by atoms with Crippen LogP contribution in [0.15, 0.2) is 89.5 Å². The maximum absolute atomic E-state index is 11.8. The maximum Gasteiger partial charge on any atom is 0.337 e. The first-order chi connectivity index (χ1) is 17.9. The van der Waals surface area contributed by atoms with E-state index < -0.39 is 0 Å². The van der Waals surface area contributed by atoms with Crippen molar-refractivity contribution in [2.75, 3.05) is 12.0 Å². The average Bonchev–Trinajstić information content (AvgIpc) is 3.54. The number of carbonyl (C=O) groups is 1. The van der Waals surface area contributed by atoms with Crippen LogP contribution >= 0.6 is 12.2 Å². The third-order valence-electron chi connectivity index (χ3n) is 6.09. The number of furan rings is 1. The monoisotopic (exact) mass is 513 g/mol. The number of anilines is 1. The summed E-state index contributed by atoms with van der Waals surface area (Å²) in [4.78, 5) is 18.4. The quantitative estimate of drug-likeness (QED) is 0.235. The largest absolute Gasteiger partial charge is 0.491 e. The lowest BCUT2D eigenvalue weighted by molar-refractivity contribution is 0.0600. The zero-order chi connectivity index (χ0) is 25.9. The van der Waals surface area contributed by atoms with Crippen LogP contribution in [0.5, 0.6) is 5.75 Å². The Morgan fingerprint density at radius 1 is 1.03 bits per heavy atom. The number of ether oxygens (including phenoxy) is 2. The van der Waals surface area contributed by atoms with E-state index in [9.17, 15) is 4.79 Å². The molecule has 0 bridgehead atoms. The van der Waals surface area contributed by atoms with Gasteiger partial charge in [-0.3, -0.25) is 4.98 Å². The van der Waals surface area contributed by atoms with Gasteiger partial charge in [-0.15, -0.1) is 0 Å². The fourth-order valence-corrected chi connectivity index (χ4v) is 4.78. The molecule has 37 heavy (non-hydrogen) atoms. The number of hydrogen-bond donors (Lipinski definition) is 1. The zero-order valence-electron chi connectivity index (χ0n) is 20.8. The van der Waals surface area contributed by atoms with Crippen molar-refractivity contribution >= 4 is 29.0 Å². The lowest BCUT2D eigenvalue weighted by Gasteiger charge is -2.26. The predicted molar refractivity (Wildman–Crippen MR) is 146 cm³/mol.